The fourth-order valence-corrected chi connectivity index (χ4v) is 14.4. The number of nitrogens with one attached hydrogen (secondary N) is 1. The first-order valence-electron chi connectivity index (χ1n) is 23.0. The number of nitrogens with zero attached hydrogens (tertiary/aromatic N) is 2. The number of cyclic esters (lactones) is 1. The smallest absolute Gasteiger partial charge is 0.316 e. The van der Waals surface area contributed by atoms with Crippen LogP contribution >= 0.6 is 57.5 Å². The summed E-state index contributed by atoms with van der Waals surface area (Å²) < 4.78 is 92.8. The molecule has 24 heteroatoms. The molecule has 3 fully saturated rings. The van der Waals surface area contributed by atoms with Crippen LogP contribution in [0.4, 0.5) is 8.78 Å². The molecule has 7 heterocycles. The molecule has 1 aliphatic carbocycles. The second kappa shape index (κ2) is 20.4. The minimum Gasteiger partial charge on any atom is -0.502 e. The van der Waals surface area contributed by atoms with Crippen molar-refractivity contribution in [3.05, 3.63) is 111 Å². The van der Waals surface area contributed by atoms with Gasteiger partial charge in [0, 0.05) is 24.0 Å². The number of halogens is 2. The minimum atomic E-state index is -1.41. The summed E-state index contributed by atoms with van der Waals surface area (Å²) in [7, 11) is 2.82. The number of hydrogen-bond acceptors (Lipinski definition) is 21. The van der Waals surface area contributed by atoms with E-state index in [0.29, 0.717) is 47.9 Å². The van der Waals surface area contributed by atoms with Gasteiger partial charge in [-0.05, 0) is 76.7 Å². The van der Waals surface area contributed by atoms with Gasteiger partial charge in [0.25, 0.3) is 0 Å². The number of benzene rings is 4. The van der Waals surface area contributed by atoms with Crippen LogP contribution < -0.4 is 24.3 Å². The zero-order valence-corrected chi connectivity index (χ0v) is 42.8. The van der Waals surface area contributed by atoms with Crippen LogP contribution in [-0.4, -0.2) is 109 Å². The highest BCUT2D eigenvalue weighted by Gasteiger charge is 2.58. The third-order valence-corrected chi connectivity index (χ3v) is 18.5. The van der Waals surface area contributed by atoms with E-state index < -0.39 is 90.3 Å². The average molecular weight is 1110 g/mol. The maximum atomic E-state index is 14.4. The fourth-order valence-electron chi connectivity index (χ4n) is 10.0. The molecule has 0 radical (unpaired) electrons. The molecule has 0 spiro atoms. The number of hydrogen-bond donors (Lipinski definition) is 2. The molecule has 0 bridgehead atoms. The van der Waals surface area contributed by atoms with Crippen LogP contribution in [0.3, 0.4) is 0 Å². The molecule has 12 rings (SSSR count). The lowest BCUT2D eigenvalue weighted by Gasteiger charge is -2.50. The SMILES string of the molecule is COc1cc([C@@H]2c3cc4c(cc3[C@@H](O[C@@H]3O[C@@H]5CO[C@@H](c6cccs6)O[C@H]5[C@H](OC(=O)CSc5nc6cc(F)ccc6s5)[C@H]3NC(=O)CSc3nc5cc(F)ccc5s3)[C@H]3COC(=O)[C@H]23)OCO4)cc(OC)c1O. The predicted octanol–water partition coefficient (Wildman–Crippen LogP) is 8.51. The molecule has 7 aromatic rings. The molecule has 1 amide bonds. The number of fused-ring (bicyclic) bond motifs is 6. The lowest BCUT2D eigenvalue weighted by atomic mass is 9.66. The Labute approximate surface area is 439 Å². The number of phenolic OH excluding ortho intramolecular Hbond substituents is 1. The Balaban J connectivity index is 0.915. The standard InChI is InChI=1S/C50H41F2N3O14S5/c1-60-31-10-21(11-32(61-2)42(31)58)39-24-14-29-30(65-20-64-29)15-25(24)43(26-16-62-46(59)40(26)39)68-48-41(55-37(56)18-71-49-53-27-12-22(51)5-7-34(27)73-49)45(44-33(66-48)17-63-47(69-44)36-4-3-9-70-36)67-38(57)19-72-50-54-28-13-23(52)6-8-35(28)74-50/h3-15,26,33,39-41,43-45,47-48,58H,16-20H2,1-2H3,(H,55,56)/t26-,33+,39+,40-,41+,43+,44+,45+,47+,48-/m0/s1. The van der Waals surface area contributed by atoms with Crippen molar-refractivity contribution < 1.29 is 75.6 Å². The Kier molecular flexibility index (Phi) is 13.5. The number of aromatic nitrogens is 2. The number of thiophene rings is 1. The lowest BCUT2D eigenvalue weighted by Crippen LogP contribution is -2.68. The van der Waals surface area contributed by atoms with Crippen molar-refractivity contribution in [3.8, 4) is 28.7 Å². The Morgan fingerprint density at radius 3 is 2.18 bits per heavy atom. The number of carbonyl (C=O) groups is 3. The second-order valence-electron chi connectivity index (χ2n) is 17.6. The first kappa shape index (κ1) is 49.1. The predicted molar refractivity (Wildman–Crippen MR) is 266 cm³/mol. The van der Waals surface area contributed by atoms with Crippen molar-refractivity contribution in [2.75, 3.05) is 45.7 Å². The van der Waals surface area contributed by atoms with Crippen molar-refractivity contribution in [1.82, 2.24) is 15.3 Å². The number of thiazole rings is 2. The van der Waals surface area contributed by atoms with Crippen LogP contribution in [-0.2, 0) is 42.8 Å². The molecule has 2 N–H and O–H groups in total. The molecule has 10 atom stereocenters. The van der Waals surface area contributed by atoms with Gasteiger partial charge >= 0.3 is 11.9 Å². The van der Waals surface area contributed by atoms with Crippen LogP contribution in [0.1, 0.15) is 39.9 Å². The highest BCUT2D eigenvalue weighted by molar-refractivity contribution is 8.02. The third kappa shape index (κ3) is 9.37. The average Bonchev–Trinajstić information content (AvgIpc) is 4.28. The van der Waals surface area contributed by atoms with Gasteiger partial charge in [-0.2, -0.15) is 0 Å². The highest BCUT2D eigenvalue weighted by Crippen LogP contribution is 2.57. The molecular formula is C50H41F2N3O14S5. The monoisotopic (exact) mass is 1110 g/mol. The van der Waals surface area contributed by atoms with E-state index in [0.717, 1.165) is 37.8 Å². The molecule has 74 heavy (non-hydrogen) atoms. The summed E-state index contributed by atoms with van der Waals surface area (Å²) in [6.07, 6.45) is -6.50. The molecule has 5 aliphatic rings. The van der Waals surface area contributed by atoms with Gasteiger partial charge < -0.3 is 57.8 Å². The van der Waals surface area contributed by atoms with Gasteiger partial charge in [0.05, 0.1) is 76.3 Å². The molecule has 4 aliphatic heterocycles. The van der Waals surface area contributed by atoms with Gasteiger partial charge in [0.15, 0.2) is 50.4 Å². The van der Waals surface area contributed by atoms with Crippen LogP contribution in [0.5, 0.6) is 28.7 Å². The van der Waals surface area contributed by atoms with Crippen LogP contribution in [0, 0.1) is 23.5 Å². The molecule has 3 aromatic heterocycles. The van der Waals surface area contributed by atoms with E-state index in [1.54, 1.807) is 36.4 Å². The van der Waals surface area contributed by atoms with Crippen molar-refractivity contribution in [2.24, 2.45) is 11.8 Å². The minimum absolute atomic E-state index is 0.0347. The first-order valence-corrected chi connectivity index (χ1v) is 27.5. The quantitative estimate of drug-likeness (QED) is 0.0774. The summed E-state index contributed by atoms with van der Waals surface area (Å²) in [5.41, 5.74) is 2.66. The van der Waals surface area contributed by atoms with E-state index >= 15 is 0 Å². The zero-order chi connectivity index (χ0) is 50.8. The number of thioether (sulfide) groups is 2. The maximum absolute atomic E-state index is 14.4. The van der Waals surface area contributed by atoms with E-state index in [-0.39, 0.29) is 48.8 Å². The fraction of sp³-hybridized carbons (Fsp3) is 0.340. The Hall–Kier alpha value is -5.83. The summed E-state index contributed by atoms with van der Waals surface area (Å²) in [6, 6.07) is 17.9. The Morgan fingerprint density at radius 1 is 0.838 bits per heavy atom. The normalized spacial score (nSPS) is 25.8. The number of phenols is 1. The van der Waals surface area contributed by atoms with Crippen molar-refractivity contribution in [2.45, 2.75) is 57.6 Å². The molecule has 3 saturated heterocycles. The zero-order valence-electron chi connectivity index (χ0n) is 38.8. The molecule has 384 valence electrons. The van der Waals surface area contributed by atoms with Crippen LogP contribution in [0.15, 0.2) is 86.9 Å². The van der Waals surface area contributed by atoms with Gasteiger partial charge in [-0.3, -0.25) is 14.4 Å². The molecule has 0 unspecified atom stereocenters. The summed E-state index contributed by atoms with van der Waals surface area (Å²) in [5, 5.41) is 15.9. The Morgan fingerprint density at radius 2 is 1.51 bits per heavy atom. The summed E-state index contributed by atoms with van der Waals surface area (Å²) in [4.78, 5) is 52.6. The van der Waals surface area contributed by atoms with E-state index in [1.165, 1.54) is 72.5 Å². The molecular weight excluding hydrogens is 1060 g/mol. The maximum Gasteiger partial charge on any atom is 0.316 e. The van der Waals surface area contributed by atoms with E-state index in [9.17, 15) is 28.3 Å². The topological polar surface area (TPSA) is 202 Å². The number of methoxy groups -OCH3 is 2. The van der Waals surface area contributed by atoms with Gasteiger partial charge in [-0.1, -0.05) is 29.6 Å². The van der Waals surface area contributed by atoms with E-state index in [1.807, 2.05) is 17.5 Å². The molecule has 4 aromatic carbocycles. The van der Waals surface area contributed by atoms with E-state index in [4.69, 9.17) is 47.4 Å². The number of aromatic hydroxyl groups is 1. The van der Waals surface area contributed by atoms with Gasteiger partial charge in [-0.25, -0.2) is 18.7 Å². The number of amides is 1. The van der Waals surface area contributed by atoms with E-state index in [2.05, 4.69) is 15.3 Å². The second-order valence-corrected chi connectivity index (χ2v) is 23.1. The van der Waals surface area contributed by atoms with Crippen molar-refractivity contribution in [1.29, 1.82) is 0 Å². The number of esters is 2. The lowest BCUT2D eigenvalue weighted by molar-refractivity contribution is -0.351. The summed E-state index contributed by atoms with van der Waals surface area (Å²) in [5.74, 6) is -4.39. The highest BCUT2D eigenvalue weighted by atomic mass is 32.2. The summed E-state index contributed by atoms with van der Waals surface area (Å²) >= 11 is 6.26. The van der Waals surface area contributed by atoms with Gasteiger partial charge in [0.2, 0.25) is 18.4 Å². The number of rotatable bonds is 14. The summed E-state index contributed by atoms with van der Waals surface area (Å²) in [6.45, 7) is -0.173. The largest absolute Gasteiger partial charge is 0.502 e. The van der Waals surface area contributed by atoms with Crippen molar-refractivity contribution in [3.63, 3.8) is 0 Å². The number of ether oxygens (including phenoxy) is 10. The molecule has 17 nitrogen and oxygen atoms in total. The Bertz CT molecular complexity index is 3280. The third-order valence-electron chi connectivity index (χ3n) is 13.3. The van der Waals surface area contributed by atoms with Crippen LogP contribution in [0.2, 0.25) is 0 Å². The van der Waals surface area contributed by atoms with Gasteiger partial charge in [-0.15, -0.1) is 34.0 Å². The van der Waals surface area contributed by atoms with Gasteiger partial charge in [0.1, 0.15) is 29.9 Å². The number of carbonyl (C=O) groups excluding carboxylic acids is 3. The van der Waals surface area contributed by atoms with Crippen molar-refractivity contribution >= 4 is 95.8 Å². The first-order chi connectivity index (χ1) is 36.0. The van der Waals surface area contributed by atoms with Crippen LogP contribution in [0.25, 0.3) is 20.4 Å². The molecule has 0 saturated carbocycles.